The Balaban J connectivity index is 2.41. The van der Waals surface area contributed by atoms with Gasteiger partial charge in [0.1, 0.15) is 9.90 Å². The summed E-state index contributed by atoms with van der Waals surface area (Å²) >= 11 is 13.2. The van der Waals surface area contributed by atoms with Gasteiger partial charge in [0.15, 0.2) is 0 Å². The molecule has 2 rings (SSSR count). The van der Waals surface area contributed by atoms with E-state index in [4.69, 9.17) is 23.2 Å². The number of halogens is 2. The first-order chi connectivity index (χ1) is 9.83. The van der Waals surface area contributed by atoms with Crippen LogP contribution < -0.4 is 10.0 Å². The molecular formula is C11H12Cl2N4O2S2. The third-order valence-corrected chi connectivity index (χ3v) is 5.54. The molecule has 0 spiro atoms. The first kappa shape index (κ1) is 16.4. The molecule has 1 aromatic heterocycles. The van der Waals surface area contributed by atoms with Crippen LogP contribution in [0.1, 0.15) is 10.6 Å². The number of rotatable bonds is 5. The summed E-state index contributed by atoms with van der Waals surface area (Å²) in [7, 11) is -2.11. The van der Waals surface area contributed by atoms with Crippen molar-refractivity contribution < 1.29 is 8.42 Å². The minimum atomic E-state index is -3.85. The zero-order valence-corrected chi connectivity index (χ0v) is 14.3. The van der Waals surface area contributed by atoms with Crippen molar-refractivity contribution in [3.05, 3.63) is 32.7 Å². The minimum Gasteiger partial charge on any atom is -0.316 e. The molecule has 0 fully saturated rings. The maximum atomic E-state index is 12.4. The Hall–Kier alpha value is -0.930. The van der Waals surface area contributed by atoms with E-state index >= 15 is 0 Å². The second kappa shape index (κ2) is 6.45. The Morgan fingerprint density at radius 3 is 2.52 bits per heavy atom. The molecule has 2 aromatic rings. The fraction of sp³-hybridized carbons (Fsp3) is 0.273. The maximum Gasteiger partial charge on any atom is 0.265 e. The van der Waals surface area contributed by atoms with Crippen LogP contribution in [0.15, 0.2) is 17.0 Å². The van der Waals surface area contributed by atoms with Gasteiger partial charge < -0.3 is 5.32 Å². The molecule has 0 bridgehead atoms. The molecule has 21 heavy (non-hydrogen) atoms. The van der Waals surface area contributed by atoms with E-state index in [1.54, 1.807) is 14.0 Å². The zero-order valence-electron chi connectivity index (χ0n) is 11.1. The molecule has 1 aromatic carbocycles. The number of aryl methyl sites for hydroxylation is 1. The number of nitrogens with one attached hydrogen (secondary N) is 2. The first-order valence-corrected chi connectivity index (χ1v) is 8.84. The average Bonchev–Trinajstić information content (AvgIpc) is 2.77. The summed E-state index contributed by atoms with van der Waals surface area (Å²) < 4.78 is 27.1. The van der Waals surface area contributed by atoms with Crippen molar-refractivity contribution in [3.63, 3.8) is 0 Å². The van der Waals surface area contributed by atoms with Crippen molar-refractivity contribution in [2.24, 2.45) is 0 Å². The van der Waals surface area contributed by atoms with Crippen molar-refractivity contribution in [1.82, 2.24) is 15.5 Å². The van der Waals surface area contributed by atoms with Gasteiger partial charge in [-0.25, -0.2) is 8.42 Å². The van der Waals surface area contributed by atoms with Gasteiger partial charge in [-0.05, 0) is 31.7 Å². The second-order valence-corrected chi connectivity index (χ2v) is 7.78. The Labute approximate surface area is 136 Å². The molecule has 0 saturated carbocycles. The van der Waals surface area contributed by atoms with E-state index in [0.717, 1.165) is 11.3 Å². The molecule has 1 heterocycles. The smallest absolute Gasteiger partial charge is 0.265 e. The molecule has 0 amide bonds. The van der Waals surface area contributed by atoms with Crippen LogP contribution in [0.25, 0.3) is 0 Å². The van der Waals surface area contributed by atoms with Gasteiger partial charge >= 0.3 is 0 Å². The summed E-state index contributed by atoms with van der Waals surface area (Å²) in [5, 5.41) is 11.7. The van der Waals surface area contributed by atoms with Crippen LogP contribution in [-0.2, 0) is 16.6 Å². The van der Waals surface area contributed by atoms with Gasteiger partial charge in [-0.1, -0.05) is 34.5 Å². The van der Waals surface area contributed by atoms with E-state index in [1.165, 1.54) is 12.1 Å². The Kier molecular flexibility index (Phi) is 5.05. The van der Waals surface area contributed by atoms with E-state index in [0.29, 0.717) is 22.1 Å². The highest BCUT2D eigenvalue weighted by Gasteiger charge is 2.21. The molecule has 0 aliphatic rings. The van der Waals surface area contributed by atoms with Crippen molar-refractivity contribution in [3.8, 4) is 0 Å². The third-order valence-electron chi connectivity index (χ3n) is 2.51. The summed E-state index contributed by atoms with van der Waals surface area (Å²) in [5.74, 6) is 0. The molecule has 0 radical (unpaired) electrons. The number of anilines is 1. The highest BCUT2D eigenvalue weighted by atomic mass is 35.5. The lowest BCUT2D eigenvalue weighted by molar-refractivity contribution is 0.601. The Bertz CT molecular complexity index is 762. The van der Waals surface area contributed by atoms with Crippen molar-refractivity contribution >= 4 is 49.7 Å². The van der Waals surface area contributed by atoms with Crippen LogP contribution in [0.2, 0.25) is 10.0 Å². The van der Waals surface area contributed by atoms with Crippen molar-refractivity contribution in [2.45, 2.75) is 18.4 Å². The fourth-order valence-corrected chi connectivity index (χ4v) is 4.30. The van der Waals surface area contributed by atoms with E-state index in [9.17, 15) is 8.42 Å². The Morgan fingerprint density at radius 2 is 1.95 bits per heavy atom. The number of benzene rings is 1. The van der Waals surface area contributed by atoms with Gasteiger partial charge in [0, 0.05) is 11.6 Å². The highest BCUT2D eigenvalue weighted by Crippen LogP contribution is 2.30. The van der Waals surface area contributed by atoms with E-state index in [-0.39, 0.29) is 15.0 Å². The van der Waals surface area contributed by atoms with Crippen molar-refractivity contribution in [1.29, 1.82) is 0 Å². The minimum absolute atomic E-state index is 0.0494. The van der Waals surface area contributed by atoms with Gasteiger partial charge in [-0.15, -0.1) is 10.2 Å². The predicted octanol–water partition coefficient (Wildman–Crippen LogP) is 2.67. The standard InChI is InChI=1S/C11H12Cl2N4O2S2/c1-6-15-16-11(20-6)17-21(18,19)10-3-7(5-14-2)8(12)4-9(10)13/h3-4,14H,5H2,1-2H3,(H,16,17). The molecule has 0 saturated heterocycles. The van der Waals surface area contributed by atoms with E-state index < -0.39 is 10.0 Å². The predicted molar refractivity (Wildman–Crippen MR) is 84.7 cm³/mol. The molecule has 0 atom stereocenters. The monoisotopic (exact) mass is 366 g/mol. The normalized spacial score (nSPS) is 11.6. The molecule has 0 aliphatic carbocycles. The summed E-state index contributed by atoms with van der Waals surface area (Å²) in [6.07, 6.45) is 0. The van der Waals surface area contributed by atoms with Gasteiger partial charge in [0.05, 0.1) is 5.02 Å². The van der Waals surface area contributed by atoms with Crippen LogP contribution >= 0.6 is 34.5 Å². The lowest BCUT2D eigenvalue weighted by atomic mass is 10.2. The lowest BCUT2D eigenvalue weighted by Crippen LogP contribution is -2.15. The summed E-state index contributed by atoms with van der Waals surface area (Å²) in [6.45, 7) is 2.16. The lowest BCUT2D eigenvalue weighted by Gasteiger charge is -2.10. The molecule has 2 N–H and O–H groups in total. The molecular weight excluding hydrogens is 355 g/mol. The molecule has 10 heteroatoms. The van der Waals surface area contributed by atoms with E-state index in [2.05, 4.69) is 20.2 Å². The van der Waals surface area contributed by atoms with Gasteiger partial charge in [-0.3, -0.25) is 4.72 Å². The number of nitrogens with zero attached hydrogens (tertiary/aromatic N) is 2. The summed E-state index contributed by atoms with van der Waals surface area (Å²) in [6, 6.07) is 2.85. The van der Waals surface area contributed by atoms with Gasteiger partial charge in [0.2, 0.25) is 5.13 Å². The summed E-state index contributed by atoms with van der Waals surface area (Å²) in [4.78, 5) is -0.0494. The van der Waals surface area contributed by atoms with Crippen LogP contribution in [0.4, 0.5) is 5.13 Å². The molecule has 114 valence electrons. The first-order valence-electron chi connectivity index (χ1n) is 5.79. The number of sulfonamides is 1. The largest absolute Gasteiger partial charge is 0.316 e. The fourth-order valence-electron chi connectivity index (χ4n) is 1.61. The maximum absolute atomic E-state index is 12.4. The number of aromatic nitrogens is 2. The number of hydrogen-bond donors (Lipinski definition) is 2. The zero-order chi connectivity index (χ0) is 15.6. The molecule has 0 aliphatic heterocycles. The average molecular weight is 367 g/mol. The SMILES string of the molecule is CNCc1cc(S(=O)(=O)Nc2nnc(C)s2)c(Cl)cc1Cl. The quantitative estimate of drug-likeness (QED) is 0.849. The van der Waals surface area contributed by atoms with Gasteiger partial charge in [0.25, 0.3) is 10.0 Å². The van der Waals surface area contributed by atoms with Gasteiger partial charge in [-0.2, -0.15) is 0 Å². The van der Waals surface area contributed by atoms with Crippen LogP contribution in [0.5, 0.6) is 0 Å². The van der Waals surface area contributed by atoms with Crippen LogP contribution in [0.3, 0.4) is 0 Å². The molecule has 6 nitrogen and oxygen atoms in total. The third kappa shape index (κ3) is 3.83. The second-order valence-electron chi connectivity index (χ2n) is 4.14. The topological polar surface area (TPSA) is 84.0 Å². The Morgan fingerprint density at radius 1 is 1.24 bits per heavy atom. The van der Waals surface area contributed by atoms with E-state index in [1.807, 2.05) is 0 Å². The molecule has 0 unspecified atom stereocenters. The van der Waals surface area contributed by atoms with Crippen LogP contribution in [-0.4, -0.2) is 25.7 Å². The van der Waals surface area contributed by atoms with Crippen LogP contribution in [0, 0.1) is 6.92 Å². The summed E-state index contributed by atoms with van der Waals surface area (Å²) in [5.41, 5.74) is 0.636. The highest BCUT2D eigenvalue weighted by molar-refractivity contribution is 7.93. The van der Waals surface area contributed by atoms with Crippen molar-refractivity contribution in [2.75, 3.05) is 11.8 Å². The number of hydrogen-bond acceptors (Lipinski definition) is 6.